The van der Waals surface area contributed by atoms with Crippen LogP contribution in [0.15, 0.2) is 41.3 Å². The highest BCUT2D eigenvalue weighted by atomic mass is 32.2. The molecule has 0 atom stereocenters. The highest BCUT2D eigenvalue weighted by Crippen LogP contribution is 2.32. The van der Waals surface area contributed by atoms with Gasteiger partial charge in [0.2, 0.25) is 16.9 Å². The smallest absolute Gasteiger partial charge is 0.229 e. The van der Waals surface area contributed by atoms with Crippen molar-refractivity contribution in [2.45, 2.75) is 38.5 Å². The molecule has 186 valence electrons. The summed E-state index contributed by atoms with van der Waals surface area (Å²) in [6.45, 7) is 1.68. The van der Waals surface area contributed by atoms with Gasteiger partial charge in [0.25, 0.3) is 0 Å². The number of ether oxygens (including phenoxy) is 1. The van der Waals surface area contributed by atoms with Crippen LogP contribution in [0.4, 0.5) is 10.3 Å². The van der Waals surface area contributed by atoms with Crippen molar-refractivity contribution in [3.63, 3.8) is 0 Å². The van der Waals surface area contributed by atoms with E-state index in [1.807, 2.05) is 12.1 Å². The number of methoxy groups -OCH3 is 1. The van der Waals surface area contributed by atoms with Crippen molar-refractivity contribution in [1.82, 2.24) is 15.0 Å². The number of aromatic nitrogens is 3. The molecule has 9 heteroatoms. The number of hydrogen-bond donors (Lipinski definition) is 0. The zero-order chi connectivity index (χ0) is 25.1. The molecule has 2 aliphatic heterocycles. The lowest BCUT2D eigenvalue weighted by atomic mass is 9.91. The van der Waals surface area contributed by atoms with Crippen LogP contribution in [0.3, 0.4) is 0 Å². The predicted molar refractivity (Wildman–Crippen MR) is 138 cm³/mol. The molecular formula is C27H27FN4O3S. The number of benzene rings is 1. The Morgan fingerprint density at radius 3 is 2.67 bits per heavy atom. The number of thioether (sulfide) groups is 1. The van der Waals surface area contributed by atoms with Gasteiger partial charge in [-0.2, -0.15) is 4.98 Å². The average Bonchev–Trinajstić information content (AvgIpc) is 3.20. The van der Waals surface area contributed by atoms with E-state index in [9.17, 15) is 14.0 Å². The number of halogens is 1. The number of Topliss-reactive ketones (excluding diaryl/α,β-unsaturated/α-hetero) is 1. The van der Waals surface area contributed by atoms with E-state index in [1.54, 1.807) is 25.3 Å². The van der Waals surface area contributed by atoms with Gasteiger partial charge in [-0.05, 0) is 74.1 Å². The molecule has 2 fully saturated rings. The second-order valence-corrected chi connectivity index (χ2v) is 10.3. The van der Waals surface area contributed by atoms with E-state index in [-0.39, 0.29) is 23.1 Å². The minimum atomic E-state index is -0.260. The molecule has 0 spiro atoms. The number of allylic oxidation sites excluding steroid dienone is 1. The summed E-state index contributed by atoms with van der Waals surface area (Å²) >= 11 is 0.967. The zero-order valence-electron chi connectivity index (χ0n) is 20.1. The Bertz CT molecular complexity index is 1340. The number of hydrogen-bond acceptors (Lipinski definition) is 8. The van der Waals surface area contributed by atoms with Gasteiger partial charge in [0.1, 0.15) is 5.82 Å². The van der Waals surface area contributed by atoms with Gasteiger partial charge in [0, 0.05) is 36.3 Å². The van der Waals surface area contributed by atoms with Crippen molar-refractivity contribution in [3.8, 4) is 5.88 Å². The van der Waals surface area contributed by atoms with Crippen LogP contribution in [-0.2, 0) is 16.0 Å². The third kappa shape index (κ3) is 5.73. The highest BCUT2D eigenvalue weighted by Gasteiger charge is 2.27. The van der Waals surface area contributed by atoms with E-state index in [4.69, 9.17) is 4.74 Å². The Kier molecular flexibility index (Phi) is 7.27. The summed E-state index contributed by atoms with van der Waals surface area (Å²) in [5, 5.41) is 0.814. The van der Waals surface area contributed by atoms with Crippen LogP contribution in [0.1, 0.15) is 43.5 Å². The average molecular weight is 507 g/mol. The van der Waals surface area contributed by atoms with Crippen molar-refractivity contribution < 1.29 is 18.7 Å². The van der Waals surface area contributed by atoms with E-state index in [0.29, 0.717) is 33.9 Å². The van der Waals surface area contributed by atoms with Crippen LogP contribution in [0.25, 0.3) is 17.0 Å². The Labute approximate surface area is 213 Å². The molecule has 36 heavy (non-hydrogen) atoms. The van der Waals surface area contributed by atoms with E-state index >= 15 is 0 Å². The molecule has 0 bridgehead atoms. The lowest BCUT2D eigenvalue weighted by Crippen LogP contribution is -2.35. The third-order valence-electron chi connectivity index (χ3n) is 6.66. The molecule has 2 aliphatic rings. The number of carbonyl (C=O) groups excluding carboxylic acids is 2. The monoisotopic (exact) mass is 506 g/mol. The first-order valence-corrected chi connectivity index (χ1v) is 13.0. The van der Waals surface area contributed by atoms with E-state index in [2.05, 4.69) is 19.9 Å². The molecule has 3 aromatic rings. The highest BCUT2D eigenvalue weighted by molar-refractivity contribution is 8.18. The van der Waals surface area contributed by atoms with E-state index in [0.717, 1.165) is 68.0 Å². The predicted octanol–water partition coefficient (Wildman–Crippen LogP) is 4.99. The first-order chi connectivity index (χ1) is 17.5. The Morgan fingerprint density at radius 1 is 1.11 bits per heavy atom. The Morgan fingerprint density at radius 2 is 1.92 bits per heavy atom. The minimum absolute atomic E-state index is 0.0609. The number of piperidine rings is 1. The Balaban J connectivity index is 1.17. The summed E-state index contributed by atoms with van der Waals surface area (Å²) in [5.74, 6) is 1.19. The molecule has 4 heterocycles. The number of fused-ring (bicyclic) bond motifs is 1. The minimum Gasteiger partial charge on any atom is -0.481 e. The third-order valence-corrected chi connectivity index (χ3v) is 7.59. The maximum atomic E-state index is 13.5. The molecule has 7 nitrogen and oxygen atoms in total. The first kappa shape index (κ1) is 24.4. The summed E-state index contributed by atoms with van der Waals surface area (Å²) in [7, 11) is 1.55. The van der Waals surface area contributed by atoms with Crippen LogP contribution in [0.2, 0.25) is 0 Å². The van der Waals surface area contributed by atoms with E-state index in [1.165, 1.54) is 12.1 Å². The van der Waals surface area contributed by atoms with Gasteiger partial charge >= 0.3 is 0 Å². The fourth-order valence-corrected chi connectivity index (χ4v) is 5.51. The normalized spacial score (nSPS) is 17.9. The van der Waals surface area contributed by atoms with Crippen LogP contribution in [0.5, 0.6) is 5.88 Å². The molecule has 2 aromatic heterocycles. The number of nitrogens with zero attached hydrogens (tertiary/aromatic N) is 4. The standard InChI is InChI=1S/C27H27FN4O3S/c1-35-25-15-21(14-24-23(33)16-26(34)36-24)30-27(31-25)32-11-9-17(10-12-32)3-2-4-20-8-6-18-5-7-19(28)13-22(18)29-20/h5-8,13-15,17H,2-4,9-12,16H2,1H3/b24-14-. The summed E-state index contributed by atoms with van der Waals surface area (Å²) in [6.07, 6.45) is 6.69. The topological polar surface area (TPSA) is 85.3 Å². The SMILES string of the molecule is COc1cc(/C=C2\SC(=O)CC2=O)nc(N2CCC(CCCc3ccc4ccc(F)cc4n3)CC2)n1. The number of ketones is 1. The maximum absolute atomic E-state index is 13.5. The summed E-state index contributed by atoms with van der Waals surface area (Å²) in [4.78, 5) is 39.9. The van der Waals surface area contributed by atoms with Crippen LogP contribution < -0.4 is 9.64 Å². The summed E-state index contributed by atoms with van der Waals surface area (Å²) in [5.41, 5.74) is 2.27. The summed E-state index contributed by atoms with van der Waals surface area (Å²) < 4.78 is 18.9. The molecule has 0 aliphatic carbocycles. The first-order valence-electron chi connectivity index (χ1n) is 12.2. The van der Waals surface area contributed by atoms with Gasteiger partial charge in [0.05, 0.1) is 29.6 Å². The Hall–Kier alpha value is -3.33. The molecular weight excluding hydrogens is 479 g/mol. The second kappa shape index (κ2) is 10.7. The van der Waals surface area contributed by atoms with Crippen LogP contribution in [0, 0.1) is 11.7 Å². The van der Waals surface area contributed by atoms with E-state index < -0.39 is 0 Å². The second-order valence-electron chi connectivity index (χ2n) is 9.18. The van der Waals surface area contributed by atoms with Crippen molar-refractivity contribution in [2.24, 2.45) is 5.92 Å². The molecule has 0 unspecified atom stereocenters. The van der Waals surface area contributed by atoms with Gasteiger partial charge < -0.3 is 9.64 Å². The lowest BCUT2D eigenvalue weighted by Gasteiger charge is -2.32. The number of anilines is 1. The molecule has 2 saturated heterocycles. The largest absolute Gasteiger partial charge is 0.481 e. The summed E-state index contributed by atoms with van der Waals surface area (Å²) in [6, 6.07) is 10.4. The number of pyridine rings is 1. The fraction of sp³-hybridized carbons (Fsp3) is 0.370. The van der Waals surface area contributed by atoms with Gasteiger partial charge in [-0.3, -0.25) is 14.6 Å². The van der Waals surface area contributed by atoms with Crippen molar-refractivity contribution >= 4 is 45.6 Å². The number of carbonyl (C=O) groups is 2. The number of rotatable bonds is 7. The van der Waals surface area contributed by atoms with Gasteiger partial charge in [-0.1, -0.05) is 6.07 Å². The quantitative estimate of drug-likeness (QED) is 0.328. The van der Waals surface area contributed by atoms with Gasteiger partial charge in [-0.15, -0.1) is 0 Å². The lowest BCUT2D eigenvalue weighted by molar-refractivity contribution is -0.119. The van der Waals surface area contributed by atoms with Gasteiger partial charge in [-0.25, -0.2) is 9.37 Å². The van der Waals surface area contributed by atoms with Gasteiger partial charge in [0.15, 0.2) is 5.78 Å². The van der Waals surface area contributed by atoms with Crippen molar-refractivity contribution in [1.29, 1.82) is 0 Å². The van der Waals surface area contributed by atoms with Crippen molar-refractivity contribution in [3.05, 3.63) is 58.5 Å². The number of aryl methyl sites for hydroxylation is 1. The molecule has 5 rings (SSSR count). The molecule has 0 N–H and O–H groups in total. The fourth-order valence-electron chi connectivity index (χ4n) is 4.69. The zero-order valence-corrected chi connectivity index (χ0v) is 20.9. The van der Waals surface area contributed by atoms with Crippen LogP contribution in [-0.4, -0.2) is 46.0 Å². The van der Waals surface area contributed by atoms with Crippen molar-refractivity contribution in [2.75, 3.05) is 25.1 Å². The molecule has 0 amide bonds. The molecule has 0 saturated carbocycles. The molecule has 1 aromatic carbocycles. The molecule has 0 radical (unpaired) electrons. The van der Waals surface area contributed by atoms with Crippen LogP contribution >= 0.6 is 11.8 Å². The maximum Gasteiger partial charge on any atom is 0.229 e.